The van der Waals surface area contributed by atoms with Crippen molar-refractivity contribution in [3.63, 3.8) is 0 Å². The van der Waals surface area contributed by atoms with E-state index in [1.165, 1.54) is 9.87 Å². The van der Waals surface area contributed by atoms with Crippen LogP contribution in [0.1, 0.15) is 31.7 Å². The van der Waals surface area contributed by atoms with Gasteiger partial charge in [0.1, 0.15) is 0 Å². The molecule has 1 aliphatic heterocycles. The van der Waals surface area contributed by atoms with Gasteiger partial charge in [-0.15, -0.1) is 0 Å². The molecule has 1 aromatic rings. The van der Waals surface area contributed by atoms with Crippen LogP contribution in [0.3, 0.4) is 0 Å². The average Bonchev–Trinajstić information content (AvgIpc) is 2.48. The van der Waals surface area contributed by atoms with Crippen molar-refractivity contribution in [2.24, 2.45) is 5.92 Å². The fourth-order valence-corrected chi connectivity index (χ4v) is 4.07. The van der Waals surface area contributed by atoms with E-state index in [-0.39, 0.29) is 12.5 Å². The Morgan fingerprint density at radius 2 is 1.80 bits per heavy atom. The van der Waals surface area contributed by atoms with E-state index < -0.39 is 10.0 Å². The molecule has 1 aromatic carbocycles. The minimum atomic E-state index is -3.37. The highest BCUT2D eigenvalue weighted by molar-refractivity contribution is 7.89. The maximum atomic E-state index is 12.5. The quantitative estimate of drug-likeness (QED) is 0.904. The van der Waals surface area contributed by atoms with Gasteiger partial charge in [0, 0.05) is 19.7 Å². The number of aliphatic hydroxyl groups is 1. The number of hydrogen-bond donors (Lipinski definition) is 1. The highest BCUT2D eigenvalue weighted by Gasteiger charge is 2.28. The summed E-state index contributed by atoms with van der Waals surface area (Å²) in [6.45, 7) is 3.27. The van der Waals surface area contributed by atoms with Crippen LogP contribution in [0.15, 0.2) is 29.2 Å². The molecule has 0 atom stereocenters. The van der Waals surface area contributed by atoms with Crippen LogP contribution in [0.5, 0.6) is 0 Å². The van der Waals surface area contributed by atoms with Gasteiger partial charge in [-0.05, 0) is 42.9 Å². The van der Waals surface area contributed by atoms with Gasteiger partial charge < -0.3 is 5.11 Å². The van der Waals surface area contributed by atoms with E-state index in [0.29, 0.717) is 18.0 Å². The zero-order valence-corrected chi connectivity index (χ0v) is 12.8. The van der Waals surface area contributed by atoms with Gasteiger partial charge >= 0.3 is 0 Å². The Kier molecular flexibility index (Phi) is 5.18. The Morgan fingerprint density at radius 3 is 2.30 bits per heavy atom. The fraction of sp³-hybridized carbons (Fsp3) is 0.600. The summed E-state index contributed by atoms with van der Waals surface area (Å²) in [5.41, 5.74) is 1.17. The number of rotatable bonds is 5. The SMILES string of the molecule is CCCc1ccc(S(=O)(=O)N2CCC(CO)CC2)cc1. The Morgan fingerprint density at radius 1 is 1.20 bits per heavy atom. The van der Waals surface area contributed by atoms with Crippen molar-refractivity contribution in [2.45, 2.75) is 37.5 Å². The third kappa shape index (κ3) is 3.40. The maximum Gasteiger partial charge on any atom is 0.243 e. The summed E-state index contributed by atoms with van der Waals surface area (Å²) in [7, 11) is -3.37. The molecular formula is C15H23NO3S. The van der Waals surface area contributed by atoms with Gasteiger partial charge in [-0.2, -0.15) is 4.31 Å². The molecular weight excluding hydrogens is 274 g/mol. The molecule has 4 nitrogen and oxygen atoms in total. The number of nitrogens with zero attached hydrogens (tertiary/aromatic N) is 1. The molecule has 0 aliphatic carbocycles. The number of aliphatic hydroxyl groups excluding tert-OH is 1. The van der Waals surface area contributed by atoms with Crippen molar-refractivity contribution in [2.75, 3.05) is 19.7 Å². The van der Waals surface area contributed by atoms with Crippen molar-refractivity contribution < 1.29 is 13.5 Å². The molecule has 0 amide bonds. The minimum Gasteiger partial charge on any atom is -0.396 e. The predicted octanol–water partition coefficient (Wildman–Crippen LogP) is 2.03. The van der Waals surface area contributed by atoms with Crippen molar-refractivity contribution >= 4 is 10.0 Å². The summed E-state index contributed by atoms with van der Waals surface area (Å²) in [5, 5.41) is 9.11. The summed E-state index contributed by atoms with van der Waals surface area (Å²) < 4.78 is 26.6. The molecule has 112 valence electrons. The molecule has 0 unspecified atom stereocenters. The largest absolute Gasteiger partial charge is 0.396 e. The third-order valence-electron chi connectivity index (χ3n) is 3.93. The van der Waals surface area contributed by atoms with Crippen molar-refractivity contribution in [3.8, 4) is 0 Å². The molecule has 20 heavy (non-hydrogen) atoms. The second kappa shape index (κ2) is 6.70. The van der Waals surface area contributed by atoms with Crippen LogP contribution < -0.4 is 0 Å². The highest BCUT2D eigenvalue weighted by Crippen LogP contribution is 2.23. The first-order valence-electron chi connectivity index (χ1n) is 7.28. The van der Waals surface area contributed by atoms with E-state index in [1.54, 1.807) is 12.1 Å². The number of piperidine rings is 1. The van der Waals surface area contributed by atoms with E-state index in [0.717, 1.165) is 25.7 Å². The second-order valence-corrected chi connectivity index (χ2v) is 7.36. The van der Waals surface area contributed by atoms with Crippen LogP contribution >= 0.6 is 0 Å². The highest BCUT2D eigenvalue weighted by atomic mass is 32.2. The Hall–Kier alpha value is -0.910. The van der Waals surface area contributed by atoms with Crippen LogP contribution in [0.2, 0.25) is 0 Å². The lowest BCUT2D eigenvalue weighted by molar-refractivity contribution is 0.170. The van der Waals surface area contributed by atoms with Crippen molar-refractivity contribution in [3.05, 3.63) is 29.8 Å². The average molecular weight is 297 g/mol. The number of benzene rings is 1. The number of aryl methyl sites for hydroxylation is 1. The van der Waals surface area contributed by atoms with E-state index in [2.05, 4.69) is 6.92 Å². The monoisotopic (exact) mass is 297 g/mol. The number of hydrogen-bond acceptors (Lipinski definition) is 3. The van der Waals surface area contributed by atoms with Gasteiger partial charge in [-0.3, -0.25) is 0 Å². The van der Waals surface area contributed by atoms with Crippen LogP contribution in [-0.4, -0.2) is 37.5 Å². The molecule has 1 heterocycles. The molecule has 1 saturated heterocycles. The molecule has 2 rings (SSSR count). The van der Waals surface area contributed by atoms with Gasteiger partial charge in [0.2, 0.25) is 10.0 Å². The lowest BCUT2D eigenvalue weighted by Crippen LogP contribution is -2.39. The number of sulfonamides is 1. The van der Waals surface area contributed by atoms with Crippen LogP contribution in [-0.2, 0) is 16.4 Å². The van der Waals surface area contributed by atoms with E-state index in [1.807, 2.05) is 12.1 Å². The zero-order valence-electron chi connectivity index (χ0n) is 12.0. The molecule has 0 aromatic heterocycles. The Bertz CT molecular complexity index is 517. The van der Waals surface area contributed by atoms with Crippen molar-refractivity contribution in [1.29, 1.82) is 0 Å². The van der Waals surface area contributed by atoms with Gasteiger partial charge in [0.05, 0.1) is 4.90 Å². The van der Waals surface area contributed by atoms with Gasteiger partial charge in [0.15, 0.2) is 0 Å². The Labute approximate surface area is 121 Å². The standard InChI is InChI=1S/C15H23NO3S/c1-2-3-13-4-6-15(7-5-13)20(18,19)16-10-8-14(12-17)9-11-16/h4-7,14,17H,2-3,8-12H2,1H3. The summed E-state index contributed by atoms with van der Waals surface area (Å²) in [4.78, 5) is 0.375. The molecule has 0 saturated carbocycles. The fourth-order valence-electron chi connectivity index (χ4n) is 2.60. The van der Waals surface area contributed by atoms with E-state index in [4.69, 9.17) is 5.11 Å². The molecule has 1 N–H and O–H groups in total. The summed E-state index contributed by atoms with van der Waals surface area (Å²) in [5.74, 6) is 0.244. The first-order valence-corrected chi connectivity index (χ1v) is 8.72. The smallest absolute Gasteiger partial charge is 0.243 e. The van der Waals surface area contributed by atoms with Gasteiger partial charge in [-0.1, -0.05) is 25.5 Å². The molecule has 0 radical (unpaired) electrons. The molecule has 1 aliphatic rings. The van der Waals surface area contributed by atoms with E-state index >= 15 is 0 Å². The van der Waals surface area contributed by atoms with Crippen LogP contribution in [0.25, 0.3) is 0 Å². The normalized spacial score (nSPS) is 18.3. The minimum absolute atomic E-state index is 0.152. The summed E-state index contributed by atoms with van der Waals surface area (Å²) in [6, 6.07) is 7.21. The van der Waals surface area contributed by atoms with Crippen molar-refractivity contribution in [1.82, 2.24) is 4.31 Å². The summed E-state index contributed by atoms with van der Waals surface area (Å²) >= 11 is 0. The van der Waals surface area contributed by atoms with Gasteiger partial charge in [0.25, 0.3) is 0 Å². The van der Waals surface area contributed by atoms with Crippen LogP contribution in [0.4, 0.5) is 0 Å². The van der Waals surface area contributed by atoms with E-state index in [9.17, 15) is 8.42 Å². The molecule has 1 fully saturated rings. The first kappa shape index (κ1) is 15.5. The first-order chi connectivity index (χ1) is 9.57. The third-order valence-corrected chi connectivity index (χ3v) is 5.84. The molecule has 5 heteroatoms. The zero-order chi connectivity index (χ0) is 14.6. The molecule has 0 spiro atoms. The Balaban J connectivity index is 2.10. The van der Waals surface area contributed by atoms with Gasteiger partial charge in [-0.25, -0.2) is 8.42 Å². The van der Waals surface area contributed by atoms with Crippen LogP contribution in [0, 0.1) is 5.92 Å². The maximum absolute atomic E-state index is 12.5. The second-order valence-electron chi connectivity index (χ2n) is 5.42. The summed E-state index contributed by atoms with van der Waals surface area (Å²) in [6.07, 6.45) is 3.51. The topological polar surface area (TPSA) is 57.6 Å². The predicted molar refractivity (Wildman–Crippen MR) is 79.0 cm³/mol. The lowest BCUT2D eigenvalue weighted by Gasteiger charge is -2.30. The lowest BCUT2D eigenvalue weighted by atomic mass is 10.00. The molecule has 0 bridgehead atoms.